The van der Waals surface area contributed by atoms with E-state index in [1.54, 1.807) is 0 Å². The lowest BCUT2D eigenvalue weighted by molar-refractivity contribution is -0.138. The van der Waals surface area contributed by atoms with Crippen LogP contribution < -0.4 is 5.73 Å². The van der Waals surface area contributed by atoms with Gasteiger partial charge >= 0.3 is 5.97 Å². The van der Waals surface area contributed by atoms with Crippen LogP contribution in [0.25, 0.3) is 0 Å². The van der Waals surface area contributed by atoms with Crippen LogP contribution in [-0.2, 0) is 4.79 Å². The smallest absolute Gasteiger partial charge is 0.320 e. The van der Waals surface area contributed by atoms with E-state index in [0.717, 1.165) is 0 Å². The Morgan fingerprint density at radius 1 is 2.00 bits per heavy atom. The molecule has 3 N–H and O–H groups in total. The van der Waals surface area contributed by atoms with Gasteiger partial charge in [-0.3, -0.25) is 4.79 Å². The van der Waals surface area contributed by atoms with Gasteiger partial charge in [0.05, 0.1) is 0 Å². The summed E-state index contributed by atoms with van der Waals surface area (Å²) in [6, 6.07) is -0.731. The van der Waals surface area contributed by atoms with E-state index in [4.69, 9.17) is 10.8 Å². The Bertz CT molecular complexity index is 59.8. The zero-order chi connectivity index (χ0) is 5.15. The molecular weight excluding hydrogens is 83.0 g/mol. The van der Waals surface area contributed by atoms with E-state index >= 15 is 0 Å². The van der Waals surface area contributed by atoms with Crippen LogP contribution in [0.5, 0.6) is 0 Å². The third-order valence-electron chi connectivity index (χ3n) is 0.390. The summed E-state index contributed by atoms with van der Waals surface area (Å²) in [5.74, 6) is -0.963. The molecule has 0 bridgehead atoms. The van der Waals surface area contributed by atoms with Crippen molar-refractivity contribution in [1.29, 1.82) is 0 Å². The molecule has 0 radical (unpaired) electrons. The molecule has 0 aliphatic rings. The van der Waals surface area contributed by atoms with Crippen molar-refractivity contribution in [2.24, 2.45) is 5.73 Å². The molecule has 6 heavy (non-hydrogen) atoms. The van der Waals surface area contributed by atoms with Crippen LogP contribution in [0.2, 0.25) is 0 Å². The zero-order valence-electron chi connectivity index (χ0n) is 3.51. The Morgan fingerprint density at radius 2 is 2.17 bits per heavy atom. The summed E-state index contributed by atoms with van der Waals surface area (Å²) in [7, 11) is 0. The highest BCUT2D eigenvalue weighted by Gasteiger charge is 1.99. The Balaban J connectivity index is 3.26. The van der Waals surface area contributed by atoms with Crippen molar-refractivity contribution in [2.75, 3.05) is 0 Å². The minimum absolute atomic E-state index is 0.731. The molecule has 0 amide bonds. The van der Waals surface area contributed by atoms with Gasteiger partial charge in [-0.15, -0.1) is 0 Å². The minimum atomic E-state index is -0.963. The lowest BCUT2D eigenvalue weighted by Gasteiger charge is -1.90. The molecular formula is C3H7NO2. The van der Waals surface area contributed by atoms with Gasteiger partial charge in [0, 0.05) is 0 Å². The lowest BCUT2D eigenvalue weighted by Crippen LogP contribution is -2.25. The summed E-state index contributed by atoms with van der Waals surface area (Å²) in [6.07, 6.45) is 0. The molecule has 0 aliphatic carbocycles. The predicted molar refractivity (Wildman–Crippen MR) is 21.3 cm³/mol. The van der Waals surface area contributed by atoms with Crippen molar-refractivity contribution in [1.82, 2.24) is 0 Å². The maximum absolute atomic E-state index is 9.57. The Hall–Kier alpha value is -0.570. The molecule has 0 aromatic heterocycles. The van der Waals surface area contributed by atoms with Gasteiger partial charge in [-0.2, -0.15) is 0 Å². The molecule has 0 aliphatic heterocycles. The highest BCUT2D eigenvalue weighted by Crippen LogP contribution is 1.68. The topological polar surface area (TPSA) is 63.3 Å². The fourth-order valence-electron chi connectivity index (χ4n) is 0. The SMILES string of the molecule is C[13C@@H](N)C(=O)O. The monoisotopic (exact) mass is 90.1 g/mol. The minimum Gasteiger partial charge on any atom is -0.480 e. The molecule has 0 fully saturated rings. The number of carboxylic acids is 1. The fraction of sp³-hybridized carbons (Fsp3) is 0.667. The zero-order valence-corrected chi connectivity index (χ0v) is 3.51. The first-order valence-corrected chi connectivity index (χ1v) is 1.63. The van der Waals surface area contributed by atoms with E-state index in [9.17, 15) is 4.79 Å². The molecule has 1 atom stereocenters. The summed E-state index contributed by atoms with van der Waals surface area (Å²) < 4.78 is 0. The first-order chi connectivity index (χ1) is 2.64. The molecule has 0 heterocycles. The third kappa shape index (κ3) is 1.72. The second-order valence-electron chi connectivity index (χ2n) is 1.13. The summed E-state index contributed by atoms with van der Waals surface area (Å²) in [4.78, 5) is 9.57. The molecule has 0 aromatic rings. The molecule has 0 aromatic carbocycles. The van der Waals surface area contributed by atoms with Crippen LogP contribution in [0.4, 0.5) is 0 Å². The van der Waals surface area contributed by atoms with Crippen LogP contribution in [0.1, 0.15) is 6.92 Å². The average Bonchev–Trinajstić information content (AvgIpc) is 1.36. The van der Waals surface area contributed by atoms with Crippen LogP contribution in [-0.4, -0.2) is 17.1 Å². The second-order valence-corrected chi connectivity index (χ2v) is 1.13. The Kier molecular flexibility index (Phi) is 1.60. The maximum atomic E-state index is 9.57. The van der Waals surface area contributed by atoms with Gasteiger partial charge in [-0.05, 0) is 6.92 Å². The lowest BCUT2D eigenvalue weighted by atomic mass is 10.8. The Labute approximate surface area is 35.8 Å². The number of hydrogen-bond donors (Lipinski definition) is 2. The fourth-order valence-corrected chi connectivity index (χ4v) is 0. The highest BCUT2D eigenvalue weighted by atomic mass is 16.4. The second kappa shape index (κ2) is 1.77. The molecule has 0 rings (SSSR count). The van der Waals surface area contributed by atoms with Crippen molar-refractivity contribution in [3.05, 3.63) is 0 Å². The van der Waals surface area contributed by atoms with E-state index < -0.39 is 12.0 Å². The van der Waals surface area contributed by atoms with Crippen molar-refractivity contribution in [3.8, 4) is 0 Å². The number of carbonyl (C=O) groups is 1. The highest BCUT2D eigenvalue weighted by molar-refractivity contribution is 5.72. The van der Waals surface area contributed by atoms with Gasteiger partial charge < -0.3 is 10.8 Å². The third-order valence-corrected chi connectivity index (χ3v) is 0.390. The van der Waals surface area contributed by atoms with E-state index in [-0.39, 0.29) is 0 Å². The summed E-state index contributed by atoms with van der Waals surface area (Å²) >= 11 is 0. The molecule has 0 unspecified atom stereocenters. The van der Waals surface area contributed by atoms with Gasteiger partial charge in [0.1, 0.15) is 6.04 Å². The van der Waals surface area contributed by atoms with Crippen LogP contribution >= 0.6 is 0 Å². The molecule has 0 saturated heterocycles. The molecule has 3 heteroatoms. The summed E-state index contributed by atoms with van der Waals surface area (Å²) in [5.41, 5.74) is 4.84. The quantitative estimate of drug-likeness (QED) is 0.423. The van der Waals surface area contributed by atoms with Gasteiger partial charge in [0.2, 0.25) is 0 Å². The van der Waals surface area contributed by atoms with Gasteiger partial charge in [0.25, 0.3) is 0 Å². The Morgan fingerprint density at radius 3 is 2.17 bits per heavy atom. The first kappa shape index (κ1) is 5.43. The van der Waals surface area contributed by atoms with E-state index in [0.29, 0.717) is 0 Å². The molecule has 36 valence electrons. The van der Waals surface area contributed by atoms with Gasteiger partial charge in [-0.1, -0.05) is 0 Å². The number of rotatable bonds is 1. The summed E-state index contributed by atoms with van der Waals surface area (Å²) in [6.45, 7) is 1.42. The van der Waals surface area contributed by atoms with Crippen molar-refractivity contribution < 1.29 is 9.90 Å². The maximum Gasteiger partial charge on any atom is 0.320 e. The molecule has 0 spiro atoms. The molecule has 0 saturated carbocycles. The van der Waals surface area contributed by atoms with E-state index in [2.05, 4.69) is 0 Å². The predicted octanol–water partition coefficient (Wildman–Crippen LogP) is -0.582. The van der Waals surface area contributed by atoms with Gasteiger partial charge in [0.15, 0.2) is 0 Å². The number of nitrogens with two attached hydrogens (primary N) is 1. The van der Waals surface area contributed by atoms with Gasteiger partial charge in [-0.25, -0.2) is 0 Å². The van der Waals surface area contributed by atoms with E-state index in [1.807, 2.05) is 0 Å². The average molecular weight is 90.1 g/mol. The van der Waals surface area contributed by atoms with Crippen LogP contribution in [0, 0.1) is 0 Å². The summed E-state index contributed by atoms with van der Waals surface area (Å²) in [5, 5.41) is 7.87. The number of carboxylic acid groups (broad SMARTS) is 1. The normalized spacial score (nSPS) is 13.7. The van der Waals surface area contributed by atoms with Crippen LogP contribution in [0.15, 0.2) is 0 Å². The first-order valence-electron chi connectivity index (χ1n) is 1.63. The van der Waals surface area contributed by atoms with Crippen molar-refractivity contribution in [3.63, 3.8) is 0 Å². The van der Waals surface area contributed by atoms with Crippen molar-refractivity contribution >= 4 is 5.97 Å². The van der Waals surface area contributed by atoms with Crippen molar-refractivity contribution in [2.45, 2.75) is 13.0 Å². The van der Waals surface area contributed by atoms with E-state index in [1.165, 1.54) is 6.92 Å². The number of hydrogen-bond acceptors (Lipinski definition) is 2. The number of aliphatic carboxylic acids is 1. The molecule has 3 nitrogen and oxygen atoms in total. The van der Waals surface area contributed by atoms with Crippen LogP contribution in [0.3, 0.4) is 0 Å². The largest absolute Gasteiger partial charge is 0.480 e. The standard InChI is InChI=1S/C3H7NO2/c1-2(4)3(5)6/h2H,4H2,1H3,(H,5,6)/t2-/m1/s1/i2+1.